The van der Waals surface area contributed by atoms with Crippen LogP contribution in [0.5, 0.6) is 0 Å². The molecule has 0 saturated carbocycles. The first-order chi connectivity index (χ1) is 17.3. The van der Waals surface area contributed by atoms with Gasteiger partial charge in [-0.05, 0) is 36.0 Å². The maximum Gasteiger partial charge on any atom is 0.389 e. The summed E-state index contributed by atoms with van der Waals surface area (Å²) >= 11 is 6.83. The number of fused-ring (bicyclic) bond motifs is 1. The quantitative estimate of drug-likeness (QED) is 0.381. The van der Waals surface area contributed by atoms with Gasteiger partial charge in [0.1, 0.15) is 5.71 Å². The number of allylic oxidation sites excluding steroid dienone is 1. The second-order valence-corrected chi connectivity index (χ2v) is 14.5. The average molecular weight is 524 g/mol. The van der Waals surface area contributed by atoms with Gasteiger partial charge in [0.25, 0.3) is 0 Å². The Morgan fingerprint density at radius 1 is 1.14 bits per heavy atom. The van der Waals surface area contributed by atoms with Crippen molar-refractivity contribution in [2.24, 2.45) is 5.10 Å². The van der Waals surface area contributed by atoms with Gasteiger partial charge in [0.2, 0.25) is 5.69 Å². The molecule has 5 rings (SSSR count). The van der Waals surface area contributed by atoms with Crippen LogP contribution in [0.15, 0.2) is 71.2 Å². The highest BCUT2D eigenvalue weighted by Crippen LogP contribution is 2.62. The third-order valence-electron chi connectivity index (χ3n) is 7.44. The fraction of sp³-hybridized carbons (Fsp3) is 0.429. The molecule has 3 heterocycles. The van der Waals surface area contributed by atoms with E-state index in [1.807, 2.05) is 29.8 Å². The molecular formula is C28H36N4O2PS+. The molecule has 190 valence electrons. The molecule has 3 aliphatic rings. The van der Waals surface area contributed by atoms with Crippen molar-refractivity contribution < 1.29 is 14.2 Å². The SMILES string of the molecule is CCOC1=[N+](c2ccccc2)N=C(C)C1P(=S)(/C=C1/N(C)c2ccccc2C1(C)C)N1CCOCC1. The summed E-state index contributed by atoms with van der Waals surface area (Å²) in [6.07, 6.45) is -2.39. The number of morpholine rings is 1. The first-order valence-corrected chi connectivity index (χ1v) is 15.6. The Balaban J connectivity index is 1.69. The Hall–Kier alpha value is -2.31. The Bertz CT molecular complexity index is 1280. The molecule has 0 N–H and O–H groups in total. The van der Waals surface area contributed by atoms with Gasteiger partial charge in [-0.3, -0.25) is 4.67 Å². The van der Waals surface area contributed by atoms with Crippen molar-refractivity contribution in [3.05, 3.63) is 71.7 Å². The van der Waals surface area contributed by atoms with Crippen molar-refractivity contribution in [3.8, 4) is 0 Å². The predicted molar refractivity (Wildman–Crippen MR) is 153 cm³/mol. The van der Waals surface area contributed by atoms with Crippen molar-refractivity contribution >= 4 is 41.0 Å². The summed E-state index contributed by atoms with van der Waals surface area (Å²) in [6.45, 7) is 12.3. The third kappa shape index (κ3) is 4.16. The number of likely N-dealkylation sites (N-methyl/N-ethyl adjacent to an activating group) is 1. The average Bonchev–Trinajstić information content (AvgIpc) is 3.32. The molecule has 3 aliphatic heterocycles. The molecular weight excluding hydrogens is 487 g/mol. The molecule has 2 aromatic rings. The molecule has 2 aromatic carbocycles. The van der Waals surface area contributed by atoms with E-state index in [-0.39, 0.29) is 11.1 Å². The second-order valence-electron chi connectivity index (χ2n) is 10.0. The predicted octanol–water partition coefficient (Wildman–Crippen LogP) is 5.52. The molecule has 0 aliphatic carbocycles. The molecule has 1 fully saturated rings. The molecule has 0 spiro atoms. The van der Waals surface area contributed by atoms with Crippen molar-refractivity contribution in [2.75, 3.05) is 44.9 Å². The summed E-state index contributed by atoms with van der Waals surface area (Å²) < 4.78 is 16.6. The highest BCUT2D eigenvalue weighted by Gasteiger charge is 2.51. The summed E-state index contributed by atoms with van der Waals surface area (Å²) in [6, 6.07) is 18.9. The molecule has 36 heavy (non-hydrogen) atoms. The Labute approximate surface area is 220 Å². The van der Waals surface area contributed by atoms with E-state index in [1.165, 1.54) is 16.9 Å². The van der Waals surface area contributed by atoms with Gasteiger partial charge < -0.3 is 14.4 Å². The standard InChI is InChI=1S/C28H36N4O2PS/c1-6-34-27-26(21(2)29-32(27)22-12-8-7-9-13-22)35(36,31-16-18-33-19-17-31)20-25-28(3,4)23-14-10-11-15-24(23)30(25)5/h7-15,20,26H,6,16-19H2,1-5H3/q+1/b25-20+. The maximum absolute atomic E-state index is 6.83. The zero-order valence-corrected chi connectivity index (χ0v) is 23.6. The van der Waals surface area contributed by atoms with E-state index < -0.39 is 6.19 Å². The van der Waals surface area contributed by atoms with Crippen LogP contribution < -0.4 is 4.90 Å². The van der Waals surface area contributed by atoms with E-state index in [4.69, 9.17) is 26.4 Å². The normalized spacial score (nSPS) is 24.6. The summed E-state index contributed by atoms with van der Waals surface area (Å²) in [7, 11) is 2.16. The number of para-hydroxylation sites is 2. The monoisotopic (exact) mass is 523 g/mol. The minimum absolute atomic E-state index is 0.105. The van der Waals surface area contributed by atoms with Crippen molar-refractivity contribution in [2.45, 2.75) is 38.8 Å². The minimum atomic E-state index is -2.39. The number of ether oxygens (including phenoxy) is 2. The number of benzene rings is 2. The van der Waals surface area contributed by atoms with Crippen molar-refractivity contribution in [1.82, 2.24) is 4.67 Å². The Morgan fingerprint density at radius 3 is 2.47 bits per heavy atom. The van der Waals surface area contributed by atoms with E-state index in [0.29, 0.717) is 19.8 Å². The highest BCUT2D eigenvalue weighted by atomic mass is 32.4. The molecule has 8 heteroatoms. The Kier molecular flexibility index (Phi) is 6.94. The fourth-order valence-electron chi connectivity index (χ4n) is 5.61. The molecule has 1 saturated heterocycles. The van der Waals surface area contributed by atoms with Gasteiger partial charge in [0.05, 0.1) is 26.0 Å². The van der Waals surface area contributed by atoms with Gasteiger partial charge in [-0.25, -0.2) is 0 Å². The fourth-order valence-corrected chi connectivity index (χ4v) is 10.5. The van der Waals surface area contributed by atoms with Crippen LogP contribution in [0.3, 0.4) is 0 Å². The number of rotatable bonds is 5. The van der Waals surface area contributed by atoms with Crippen LogP contribution in [0.4, 0.5) is 11.4 Å². The third-order valence-corrected chi connectivity index (χ3v) is 12.3. The van der Waals surface area contributed by atoms with Gasteiger partial charge in [-0.2, -0.15) is 0 Å². The minimum Gasteiger partial charge on any atom is -0.445 e. The lowest BCUT2D eigenvalue weighted by Gasteiger charge is -2.39. The van der Waals surface area contributed by atoms with Crippen molar-refractivity contribution in [1.29, 1.82) is 0 Å². The van der Waals surface area contributed by atoms with Crippen LogP contribution in [0, 0.1) is 0 Å². The first kappa shape index (κ1) is 25.3. The number of anilines is 1. The molecule has 0 radical (unpaired) electrons. The topological polar surface area (TPSA) is 40.3 Å². The summed E-state index contributed by atoms with van der Waals surface area (Å²) in [4.78, 5) is 2.33. The zero-order valence-electron chi connectivity index (χ0n) is 21.8. The highest BCUT2D eigenvalue weighted by molar-refractivity contribution is 8.16. The van der Waals surface area contributed by atoms with Gasteiger partial charge in [0.15, 0.2) is 5.66 Å². The van der Waals surface area contributed by atoms with E-state index in [1.54, 1.807) is 0 Å². The van der Waals surface area contributed by atoms with Crippen molar-refractivity contribution in [3.63, 3.8) is 0 Å². The smallest absolute Gasteiger partial charge is 0.389 e. The lowest BCUT2D eigenvalue weighted by molar-refractivity contribution is -0.452. The van der Waals surface area contributed by atoms with Crippen LogP contribution in [-0.4, -0.2) is 66.6 Å². The van der Waals surface area contributed by atoms with E-state index >= 15 is 0 Å². The number of hydrogen-bond acceptors (Lipinski definition) is 5. The van der Waals surface area contributed by atoms with Crippen LogP contribution in [0.1, 0.15) is 33.3 Å². The summed E-state index contributed by atoms with van der Waals surface area (Å²) in [5, 5.41) is 5.02. The number of hydrazone groups is 1. The van der Waals surface area contributed by atoms with Gasteiger partial charge in [0, 0.05) is 54.2 Å². The lowest BCUT2D eigenvalue weighted by atomic mass is 9.84. The number of nitrogens with zero attached hydrogens (tertiary/aromatic N) is 4. The van der Waals surface area contributed by atoms with Crippen LogP contribution in [0.25, 0.3) is 0 Å². The van der Waals surface area contributed by atoms with Crippen LogP contribution in [0.2, 0.25) is 0 Å². The first-order valence-electron chi connectivity index (χ1n) is 12.7. The van der Waals surface area contributed by atoms with Gasteiger partial charge in [-0.15, -0.1) is 0 Å². The largest absolute Gasteiger partial charge is 0.445 e. The number of hydrogen-bond donors (Lipinski definition) is 0. The van der Waals surface area contributed by atoms with Crippen LogP contribution in [-0.2, 0) is 26.7 Å². The molecule has 0 amide bonds. The van der Waals surface area contributed by atoms with E-state index in [2.05, 4.69) is 79.6 Å². The maximum atomic E-state index is 6.83. The van der Waals surface area contributed by atoms with Gasteiger partial charge >= 0.3 is 5.90 Å². The Morgan fingerprint density at radius 2 is 1.81 bits per heavy atom. The summed E-state index contributed by atoms with van der Waals surface area (Å²) in [5.74, 6) is 3.26. The van der Waals surface area contributed by atoms with Gasteiger partial charge in [-0.1, -0.05) is 62.1 Å². The molecule has 0 aromatic heterocycles. The van der Waals surface area contributed by atoms with E-state index in [9.17, 15) is 0 Å². The molecule has 2 atom stereocenters. The second kappa shape index (κ2) is 9.86. The molecule has 6 nitrogen and oxygen atoms in total. The van der Waals surface area contributed by atoms with E-state index in [0.717, 1.165) is 30.4 Å². The molecule has 0 bridgehead atoms. The summed E-state index contributed by atoms with van der Waals surface area (Å²) in [5.41, 5.74) is 5.56. The molecule has 2 unspecified atom stereocenters. The zero-order chi connectivity index (χ0) is 25.5. The lowest BCUT2D eigenvalue weighted by Crippen LogP contribution is -2.41. The van der Waals surface area contributed by atoms with Crippen LogP contribution >= 0.6 is 6.19 Å².